The average molecular weight is 406 g/mol. The average Bonchev–Trinajstić information content (AvgIpc) is 3.37. The maximum Gasteiger partial charge on any atom is 0.254 e. The predicted octanol–water partition coefficient (Wildman–Crippen LogP) is 4.58. The van der Waals surface area contributed by atoms with Gasteiger partial charge in [0.15, 0.2) is 0 Å². The Labute approximate surface area is 167 Å². The van der Waals surface area contributed by atoms with Gasteiger partial charge < -0.3 is 10.6 Å². The Morgan fingerprint density at radius 3 is 2.64 bits per heavy atom. The van der Waals surface area contributed by atoms with Crippen LogP contribution >= 0.6 is 11.3 Å². The van der Waals surface area contributed by atoms with Crippen molar-refractivity contribution in [2.45, 2.75) is 44.6 Å². The van der Waals surface area contributed by atoms with E-state index in [1.54, 1.807) is 11.3 Å². The van der Waals surface area contributed by atoms with Gasteiger partial charge in [-0.15, -0.1) is 11.3 Å². The summed E-state index contributed by atoms with van der Waals surface area (Å²) in [6.07, 6.45) is 5.38. The third-order valence-corrected chi connectivity index (χ3v) is 6.03. The number of carbonyl (C=O) groups is 2. The fraction of sp³-hybridized carbons (Fsp3) is 0.429. The Bertz CT molecular complexity index is 805. The second-order valence-electron chi connectivity index (χ2n) is 7.09. The van der Waals surface area contributed by atoms with E-state index in [1.165, 1.54) is 17.7 Å². The Kier molecular flexibility index (Phi) is 7.14. The normalized spacial score (nSPS) is 15.4. The summed E-state index contributed by atoms with van der Waals surface area (Å²) in [6, 6.07) is 6.94. The highest BCUT2D eigenvalue weighted by Crippen LogP contribution is 2.37. The lowest BCUT2D eigenvalue weighted by Gasteiger charge is -2.23. The first-order chi connectivity index (χ1) is 13.5. The lowest BCUT2D eigenvalue weighted by atomic mass is 9.96. The van der Waals surface area contributed by atoms with Crippen molar-refractivity contribution in [2.24, 2.45) is 5.92 Å². The van der Waals surface area contributed by atoms with Crippen LogP contribution in [0.25, 0.3) is 0 Å². The van der Waals surface area contributed by atoms with Crippen LogP contribution in [0.2, 0.25) is 0 Å². The van der Waals surface area contributed by atoms with Gasteiger partial charge in [0.05, 0.1) is 11.6 Å². The lowest BCUT2D eigenvalue weighted by molar-refractivity contribution is -0.122. The zero-order valence-corrected chi connectivity index (χ0v) is 16.4. The second kappa shape index (κ2) is 9.78. The molecule has 2 aromatic rings. The second-order valence-corrected chi connectivity index (χ2v) is 8.07. The van der Waals surface area contributed by atoms with Crippen LogP contribution in [-0.2, 0) is 4.79 Å². The van der Waals surface area contributed by atoms with Crippen molar-refractivity contribution in [1.29, 1.82) is 0 Å². The standard InChI is InChI=1S/C21H24F2N2O2S/c22-15-9-10-16(17(23)13-15)21(27)24-11-3-8-19(26)25-20(14-5-1-2-6-14)18-7-4-12-28-18/h4,7,9-10,12-14,20H,1-3,5-6,8,11H2,(H,24,27)(H,25,26). The number of benzene rings is 1. The molecule has 1 saturated carbocycles. The van der Waals surface area contributed by atoms with Crippen molar-refractivity contribution in [2.75, 3.05) is 6.54 Å². The van der Waals surface area contributed by atoms with E-state index in [9.17, 15) is 18.4 Å². The fourth-order valence-electron chi connectivity index (χ4n) is 3.65. The topological polar surface area (TPSA) is 58.2 Å². The van der Waals surface area contributed by atoms with Crippen molar-refractivity contribution in [1.82, 2.24) is 10.6 Å². The largest absolute Gasteiger partial charge is 0.352 e. The van der Waals surface area contributed by atoms with Gasteiger partial charge >= 0.3 is 0 Å². The summed E-state index contributed by atoms with van der Waals surface area (Å²) in [5, 5.41) is 7.75. The molecule has 1 aromatic heterocycles. The molecule has 1 aliphatic rings. The van der Waals surface area contributed by atoms with Crippen LogP contribution in [-0.4, -0.2) is 18.4 Å². The van der Waals surface area contributed by atoms with Crippen LogP contribution in [0.5, 0.6) is 0 Å². The lowest BCUT2D eigenvalue weighted by Crippen LogP contribution is -2.33. The van der Waals surface area contributed by atoms with Gasteiger partial charge in [-0.05, 0) is 48.8 Å². The molecule has 0 saturated heterocycles. The summed E-state index contributed by atoms with van der Waals surface area (Å²) in [5.74, 6) is -1.81. The van der Waals surface area contributed by atoms with E-state index in [2.05, 4.69) is 16.7 Å². The number of nitrogens with one attached hydrogen (secondary N) is 2. The Morgan fingerprint density at radius 1 is 1.18 bits per heavy atom. The number of thiophene rings is 1. The van der Waals surface area contributed by atoms with E-state index in [-0.39, 0.29) is 30.5 Å². The van der Waals surface area contributed by atoms with E-state index >= 15 is 0 Å². The molecular formula is C21H24F2N2O2S. The van der Waals surface area contributed by atoms with Gasteiger partial charge in [0.2, 0.25) is 5.91 Å². The Balaban J connectivity index is 1.45. The van der Waals surface area contributed by atoms with Crippen LogP contribution in [0.3, 0.4) is 0 Å². The van der Waals surface area contributed by atoms with Crippen molar-refractivity contribution < 1.29 is 18.4 Å². The van der Waals surface area contributed by atoms with E-state index in [4.69, 9.17) is 0 Å². The van der Waals surface area contributed by atoms with E-state index < -0.39 is 17.5 Å². The van der Waals surface area contributed by atoms with Crippen LogP contribution in [0.1, 0.15) is 59.8 Å². The zero-order valence-electron chi connectivity index (χ0n) is 15.5. The first-order valence-electron chi connectivity index (χ1n) is 9.60. The monoisotopic (exact) mass is 406 g/mol. The highest BCUT2D eigenvalue weighted by atomic mass is 32.1. The number of halogens is 2. The summed E-state index contributed by atoms with van der Waals surface area (Å²) < 4.78 is 26.5. The van der Waals surface area contributed by atoms with Crippen molar-refractivity contribution in [3.63, 3.8) is 0 Å². The molecule has 1 unspecified atom stereocenters. The predicted molar refractivity (Wildman–Crippen MR) is 105 cm³/mol. The molecule has 150 valence electrons. The third-order valence-electron chi connectivity index (χ3n) is 5.08. The molecule has 2 amide bonds. The molecule has 1 aliphatic carbocycles. The number of carbonyl (C=O) groups excluding carboxylic acids is 2. The van der Waals surface area contributed by atoms with Crippen molar-refractivity contribution in [3.05, 3.63) is 57.8 Å². The third kappa shape index (κ3) is 5.38. The molecule has 0 radical (unpaired) electrons. The van der Waals surface area contributed by atoms with E-state index in [0.717, 1.165) is 25.0 Å². The van der Waals surface area contributed by atoms with Crippen LogP contribution < -0.4 is 10.6 Å². The number of hydrogen-bond donors (Lipinski definition) is 2. The quantitative estimate of drug-likeness (QED) is 0.630. The first kappa shape index (κ1) is 20.5. The molecule has 2 N–H and O–H groups in total. The van der Waals surface area contributed by atoms with Gasteiger partial charge in [-0.2, -0.15) is 0 Å². The number of hydrogen-bond acceptors (Lipinski definition) is 3. The minimum absolute atomic E-state index is 0.0486. The highest BCUT2D eigenvalue weighted by molar-refractivity contribution is 7.10. The van der Waals surface area contributed by atoms with Gasteiger partial charge in [0, 0.05) is 23.9 Å². The summed E-state index contributed by atoms with van der Waals surface area (Å²) in [4.78, 5) is 25.5. The van der Waals surface area contributed by atoms with Gasteiger partial charge in [0.1, 0.15) is 11.6 Å². The minimum Gasteiger partial charge on any atom is -0.352 e. The molecule has 0 spiro atoms. The molecule has 1 fully saturated rings. The molecule has 1 atom stereocenters. The summed E-state index contributed by atoms with van der Waals surface area (Å²) in [6.45, 7) is 0.246. The van der Waals surface area contributed by atoms with Gasteiger partial charge in [-0.3, -0.25) is 9.59 Å². The molecule has 1 heterocycles. The number of amides is 2. The van der Waals surface area contributed by atoms with Crippen LogP contribution in [0.4, 0.5) is 8.78 Å². The summed E-state index contributed by atoms with van der Waals surface area (Å²) in [5.41, 5.74) is -0.204. The fourth-order valence-corrected chi connectivity index (χ4v) is 4.51. The van der Waals surface area contributed by atoms with Crippen LogP contribution in [0.15, 0.2) is 35.7 Å². The van der Waals surface area contributed by atoms with Crippen molar-refractivity contribution in [3.8, 4) is 0 Å². The summed E-state index contributed by atoms with van der Waals surface area (Å²) >= 11 is 1.66. The molecule has 28 heavy (non-hydrogen) atoms. The Hall–Kier alpha value is -2.28. The number of rotatable bonds is 8. The first-order valence-corrected chi connectivity index (χ1v) is 10.5. The van der Waals surface area contributed by atoms with E-state index in [0.29, 0.717) is 18.4 Å². The molecular weight excluding hydrogens is 382 g/mol. The molecule has 1 aromatic carbocycles. The van der Waals surface area contributed by atoms with E-state index in [1.807, 2.05) is 11.4 Å². The van der Waals surface area contributed by atoms with Crippen LogP contribution in [0, 0.1) is 17.6 Å². The molecule has 3 rings (SSSR count). The van der Waals surface area contributed by atoms with Gasteiger partial charge in [-0.1, -0.05) is 18.9 Å². The zero-order chi connectivity index (χ0) is 19.9. The molecule has 0 bridgehead atoms. The van der Waals surface area contributed by atoms with Gasteiger partial charge in [0.25, 0.3) is 5.91 Å². The maximum absolute atomic E-state index is 13.6. The maximum atomic E-state index is 13.6. The Morgan fingerprint density at radius 2 is 1.96 bits per heavy atom. The van der Waals surface area contributed by atoms with Crippen molar-refractivity contribution >= 4 is 23.2 Å². The molecule has 4 nitrogen and oxygen atoms in total. The van der Waals surface area contributed by atoms with Gasteiger partial charge in [-0.25, -0.2) is 8.78 Å². The smallest absolute Gasteiger partial charge is 0.254 e. The molecule has 0 aliphatic heterocycles. The highest BCUT2D eigenvalue weighted by Gasteiger charge is 2.28. The minimum atomic E-state index is -0.898. The SMILES string of the molecule is O=C(CCCNC(=O)c1ccc(F)cc1F)NC(c1cccs1)C1CCCC1. The summed E-state index contributed by atoms with van der Waals surface area (Å²) in [7, 11) is 0. The molecule has 7 heteroatoms.